The molecule has 0 unspecified atom stereocenters. The fraction of sp³-hybridized carbons (Fsp3) is 0.240. The summed E-state index contributed by atoms with van der Waals surface area (Å²) in [6.07, 6.45) is 0. The van der Waals surface area contributed by atoms with Gasteiger partial charge < -0.3 is 10.1 Å². The number of amides is 1. The highest BCUT2D eigenvalue weighted by Gasteiger charge is 2.28. The Balaban J connectivity index is 1.96. The molecule has 0 aromatic heterocycles. The molecule has 0 aliphatic rings. The topological polar surface area (TPSA) is 75.7 Å². The van der Waals surface area contributed by atoms with E-state index < -0.39 is 15.9 Å². The van der Waals surface area contributed by atoms with Gasteiger partial charge in [0.25, 0.3) is 10.0 Å². The van der Waals surface area contributed by atoms with Crippen LogP contribution in [-0.2, 0) is 26.2 Å². The number of ether oxygens (including phenoxy) is 1. The molecule has 3 aromatic carbocycles. The van der Waals surface area contributed by atoms with Gasteiger partial charge in [0.2, 0.25) is 5.91 Å². The van der Waals surface area contributed by atoms with Crippen LogP contribution >= 0.6 is 0 Å². The summed E-state index contributed by atoms with van der Waals surface area (Å²) in [5.41, 5.74) is 4.59. The molecule has 0 saturated heterocycles. The van der Waals surface area contributed by atoms with E-state index in [0.29, 0.717) is 18.0 Å². The van der Waals surface area contributed by atoms with Crippen LogP contribution in [0.4, 0.5) is 11.4 Å². The third kappa shape index (κ3) is 5.55. The Hall–Kier alpha value is -3.16. The van der Waals surface area contributed by atoms with E-state index in [0.717, 1.165) is 22.3 Å². The molecular weight excluding hydrogens is 424 g/mol. The smallest absolute Gasteiger partial charge is 0.264 e. The zero-order chi connectivity index (χ0) is 23.3. The van der Waals surface area contributed by atoms with Gasteiger partial charge in [-0.15, -0.1) is 0 Å². The molecule has 0 bridgehead atoms. The van der Waals surface area contributed by atoms with E-state index in [1.54, 1.807) is 49.6 Å². The summed E-state index contributed by atoms with van der Waals surface area (Å²) >= 11 is 0. The van der Waals surface area contributed by atoms with Crippen molar-refractivity contribution >= 4 is 27.3 Å². The second-order valence-electron chi connectivity index (χ2n) is 7.80. The van der Waals surface area contributed by atoms with Crippen LogP contribution in [0.1, 0.15) is 22.3 Å². The molecule has 0 aliphatic heterocycles. The largest absolute Gasteiger partial charge is 0.380 e. The molecule has 0 atom stereocenters. The van der Waals surface area contributed by atoms with Crippen LogP contribution in [0, 0.1) is 20.8 Å². The zero-order valence-electron chi connectivity index (χ0n) is 18.8. The molecule has 0 fully saturated rings. The van der Waals surface area contributed by atoms with Crippen molar-refractivity contribution in [1.29, 1.82) is 0 Å². The predicted molar refractivity (Wildman–Crippen MR) is 127 cm³/mol. The van der Waals surface area contributed by atoms with Crippen LogP contribution < -0.4 is 9.62 Å². The zero-order valence-corrected chi connectivity index (χ0v) is 19.6. The summed E-state index contributed by atoms with van der Waals surface area (Å²) in [7, 11) is -2.36. The Bertz CT molecular complexity index is 1200. The minimum Gasteiger partial charge on any atom is -0.380 e. The van der Waals surface area contributed by atoms with Gasteiger partial charge in [0.1, 0.15) is 6.54 Å². The molecule has 6 nitrogen and oxygen atoms in total. The summed E-state index contributed by atoms with van der Waals surface area (Å²) in [5, 5.41) is 2.81. The van der Waals surface area contributed by atoms with E-state index in [9.17, 15) is 13.2 Å². The summed E-state index contributed by atoms with van der Waals surface area (Å²) < 4.78 is 33.4. The quantitative estimate of drug-likeness (QED) is 0.542. The number of anilines is 2. The van der Waals surface area contributed by atoms with Crippen molar-refractivity contribution in [2.75, 3.05) is 23.3 Å². The Labute approximate surface area is 189 Å². The Morgan fingerprint density at radius 2 is 1.62 bits per heavy atom. The molecule has 3 aromatic rings. The number of rotatable bonds is 8. The second-order valence-corrected chi connectivity index (χ2v) is 9.66. The first-order valence-electron chi connectivity index (χ1n) is 10.2. The van der Waals surface area contributed by atoms with Gasteiger partial charge in [0, 0.05) is 12.8 Å². The molecule has 0 aliphatic carbocycles. The van der Waals surface area contributed by atoms with E-state index in [1.807, 2.05) is 45.0 Å². The van der Waals surface area contributed by atoms with Crippen LogP contribution in [0.5, 0.6) is 0 Å². The number of nitrogens with zero attached hydrogens (tertiary/aromatic N) is 1. The number of hydrogen-bond donors (Lipinski definition) is 1. The number of methoxy groups -OCH3 is 1. The van der Waals surface area contributed by atoms with Crippen molar-refractivity contribution in [3.63, 3.8) is 0 Å². The van der Waals surface area contributed by atoms with Crippen LogP contribution in [0.2, 0.25) is 0 Å². The van der Waals surface area contributed by atoms with E-state index >= 15 is 0 Å². The van der Waals surface area contributed by atoms with E-state index in [4.69, 9.17) is 4.74 Å². The van der Waals surface area contributed by atoms with Crippen molar-refractivity contribution in [3.05, 3.63) is 89.0 Å². The van der Waals surface area contributed by atoms with Gasteiger partial charge >= 0.3 is 0 Å². The number of carbonyl (C=O) groups is 1. The summed E-state index contributed by atoms with van der Waals surface area (Å²) in [4.78, 5) is 13.1. The second kappa shape index (κ2) is 9.97. The lowest BCUT2D eigenvalue weighted by atomic mass is 10.1. The molecule has 0 radical (unpaired) electrons. The number of nitrogens with one attached hydrogen (secondary N) is 1. The maximum Gasteiger partial charge on any atom is 0.264 e. The Morgan fingerprint density at radius 3 is 2.31 bits per heavy atom. The first kappa shape index (κ1) is 23.5. The molecule has 0 heterocycles. The monoisotopic (exact) mass is 452 g/mol. The summed E-state index contributed by atoms with van der Waals surface area (Å²) in [5.74, 6) is -0.434. The molecule has 1 amide bonds. The molecule has 0 saturated carbocycles. The van der Waals surface area contributed by atoms with E-state index in [-0.39, 0.29) is 11.4 Å². The highest BCUT2D eigenvalue weighted by molar-refractivity contribution is 7.92. The van der Waals surface area contributed by atoms with E-state index in [2.05, 4.69) is 5.32 Å². The lowest BCUT2D eigenvalue weighted by Crippen LogP contribution is -2.38. The van der Waals surface area contributed by atoms with Crippen molar-refractivity contribution < 1.29 is 17.9 Å². The average Bonchev–Trinajstić information content (AvgIpc) is 2.74. The highest BCUT2D eigenvalue weighted by atomic mass is 32.2. The fourth-order valence-electron chi connectivity index (χ4n) is 3.36. The first-order chi connectivity index (χ1) is 15.2. The number of benzene rings is 3. The predicted octanol–water partition coefficient (Wildman–Crippen LogP) is 4.59. The number of carbonyl (C=O) groups excluding carboxylic acids is 1. The summed E-state index contributed by atoms with van der Waals surface area (Å²) in [6, 6.07) is 19.4. The maximum atomic E-state index is 13.6. The lowest BCUT2D eigenvalue weighted by molar-refractivity contribution is -0.114. The van der Waals surface area contributed by atoms with Crippen LogP contribution in [0.15, 0.2) is 71.6 Å². The summed E-state index contributed by atoms with van der Waals surface area (Å²) in [6.45, 7) is 5.68. The molecule has 32 heavy (non-hydrogen) atoms. The highest BCUT2D eigenvalue weighted by Crippen LogP contribution is 2.28. The molecule has 3 rings (SSSR count). The minimum atomic E-state index is -3.96. The molecule has 0 spiro atoms. The first-order valence-corrected chi connectivity index (χ1v) is 11.7. The van der Waals surface area contributed by atoms with Gasteiger partial charge in [-0.25, -0.2) is 8.42 Å². The van der Waals surface area contributed by atoms with Crippen LogP contribution in [-0.4, -0.2) is 28.0 Å². The SMILES string of the molecule is COCc1cccc(NC(=O)CN(c2cc(C)ccc2C)S(=O)(=O)c2ccc(C)cc2)c1. The van der Waals surface area contributed by atoms with Gasteiger partial charge in [-0.05, 0) is 67.8 Å². The number of hydrogen-bond acceptors (Lipinski definition) is 4. The van der Waals surface area contributed by atoms with Crippen LogP contribution in [0.3, 0.4) is 0 Å². The molecule has 168 valence electrons. The Kier molecular flexibility index (Phi) is 7.33. The Morgan fingerprint density at radius 1 is 0.938 bits per heavy atom. The van der Waals surface area contributed by atoms with Crippen molar-refractivity contribution in [1.82, 2.24) is 0 Å². The standard InChI is InChI=1S/C25H28N2O4S/c1-18-9-12-23(13-10-18)32(29,30)27(24-14-19(2)8-11-20(24)3)16-25(28)26-22-7-5-6-21(15-22)17-31-4/h5-15H,16-17H2,1-4H3,(H,26,28). The average molecular weight is 453 g/mol. The molecule has 7 heteroatoms. The minimum absolute atomic E-state index is 0.138. The third-order valence-electron chi connectivity index (χ3n) is 5.05. The fourth-order valence-corrected chi connectivity index (χ4v) is 4.84. The third-order valence-corrected chi connectivity index (χ3v) is 6.83. The number of sulfonamides is 1. The van der Waals surface area contributed by atoms with Gasteiger partial charge in [0.15, 0.2) is 0 Å². The van der Waals surface area contributed by atoms with Crippen LogP contribution in [0.25, 0.3) is 0 Å². The van der Waals surface area contributed by atoms with Crippen molar-refractivity contribution in [2.45, 2.75) is 32.3 Å². The van der Waals surface area contributed by atoms with Gasteiger partial charge in [-0.3, -0.25) is 9.10 Å². The van der Waals surface area contributed by atoms with Gasteiger partial charge in [-0.2, -0.15) is 0 Å². The van der Waals surface area contributed by atoms with Gasteiger partial charge in [0.05, 0.1) is 17.2 Å². The maximum absolute atomic E-state index is 13.6. The normalized spacial score (nSPS) is 11.2. The number of aryl methyl sites for hydroxylation is 3. The molecule has 1 N–H and O–H groups in total. The van der Waals surface area contributed by atoms with Crippen molar-refractivity contribution in [2.24, 2.45) is 0 Å². The van der Waals surface area contributed by atoms with Gasteiger partial charge in [-0.1, -0.05) is 42.0 Å². The van der Waals surface area contributed by atoms with Crippen molar-refractivity contribution in [3.8, 4) is 0 Å². The lowest BCUT2D eigenvalue weighted by Gasteiger charge is -2.26. The molecular formula is C25H28N2O4S. The van der Waals surface area contributed by atoms with E-state index in [1.165, 1.54) is 4.31 Å².